The molecule has 0 fully saturated rings. The number of para-hydroxylation sites is 1. The summed E-state index contributed by atoms with van der Waals surface area (Å²) in [4.78, 5) is 15.4. The van der Waals surface area contributed by atoms with Crippen LogP contribution in [0.4, 0.5) is 10.1 Å². The van der Waals surface area contributed by atoms with Crippen LogP contribution in [0.2, 0.25) is 0 Å². The number of benzene rings is 1. The SMILES string of the molecule is CCc1ccccc1NC(=O)c1cccnc1F. The fourth-order valence-corrected chi connectivity index (χ4v) is 1.70. The van der Waals surface area contributed by atoms with E-state index >= 15 is 0 Å². The lowest BCUT2D eigenvalue weighted by Crippen LogP contribution is -2.15. The van der Waals surface area contributed by atoms with Gasteiger partial charge in [-0.25, -0.2) is 4.98 Å². The van der Waals surface area contributed by atoms with Crippen LogP contribution in [-0.4, -0.2) is 10.9 Å². The fraction of sp³-hybridized carbons (Fsp3) is 0.143. The largest absolute Gasteiger partial charge is 0.322 e. The lowest BCUT2D eigenvalue weighted by atomic mass is 10.1. The number of amides is 1. The van der Waals surface area contributed by atoms with Crippen LogP contribution in [0.1, 0.15) is 22.8 Å². The number of halogens is 1. The molecule has 3 nitrogen and oxygen atoms in total. The van der Waals surface area contributed by atoms with E-state index in [1.807, 2.05) is 25.1 Å². The summed E-state index contributed by atoms with van der Waals surface area (Å²) in [5, 5.41) is 2.70. The molecular formula is C14H13FN2O. The Balaban J connectivity index is 2.24. The summed E-state index contributed by atoms with van der Waals surface area (Å²) >= 11 is 0. The Morgan fingerprint density at radius 2 is 2.06 bits per heavy atom. The number of aryl methyl sites for hydroxylation is 1. The van der Waals surface area contributed by atoms with Gasteiger partial charge >= 0.3 is 0 Å². The first-order valence-corrected chi connectivity index (χ1v) is 5.72. The van der Waals surface area contributed by atoms with Crippen LogP contribution in [0.15, 0.2) is 42.6 Å². The first kappa shape index (κ1) is 12.2. The van der Waals surface area contributed by atoms with Gasteiger partial charge in [-0.15, -0.1) is 0 Å². The molecule has 4 heteroatoms. The van der Waals surface area contributed by atoms with Gasteiger partial charge in [-0.2, -0.15) is 4.39 Å². The summed E-state index contributed by atoms with van der Waals surface area (Å²) in [6.45, 7) is 2.00. The molecular weight excluding hydrogens is 231 g/mol. The topological polar surface area (TPSA) is 42.0 Å². The van der Waals surface area contributed by atoms with E-state index in [1.54, 1.807) is 6.07 Å². The molecule has 2 rings (SSSR count). The smallest absolute Gasteiger partial charge is 0.260 e. The number of rotatable bonds is 3. The molecule has 1 amide bonds. The number of carbonyl (C=O) groups excluding carboxylic acids is 1. The summed E-state index contributed by atoms with van der Waals surface area (Å²) in [7, 11) is 0. The summed E-state index contributed by atoms with van der Waals surface area (Å²) in [6, 6.07) is 10.4. The minimum absolute atomic E-state index is 0.0524. The lowest BCUT2D eigenvalue weighted by Gasteiger charge is -2.09. The van der Waals surface area contributed by atoms with Crippen LogP contribution < -0.4 is 5.32 Å². The quantitative estimate of drug-likeness (QED) is 0.843. The molecule has 0 unspecified atom stereocenters. The van der Waals surface area contributed by atoms with Gasteiger partial charge in [0, 0.05) is 11.9 Å². The Hall–Kier alpha value is -2.23. The normalized spacial score (nSPS) is 10.1. The third-order valence-corrected chi connectivity index (χ3v) is 2.65. The molecule has 0 spiro atoms. The highest BCUT2D eigenvalue weighted by Crippen LogP contribution is 2.17. The minimum atomic E-state index is -0.760. The van der Waals surface area contributed by atoms with Crippen molar-refractivity contribution in [2.75, 3.05) is 5.32 Å². The van der Waals surface area contributed by atoms with E-state index < -0.39 is 11.9 Å². The second-order valence-electron chi connectivity index (χ2n) is 3.81. The molecule has 1 aromatic carbocycles. The van der Waals surface area contributed by atoms with Gasteiger partial charge in [0.25, 0.3) is 5.91 Å². The van der Waals surface area contributed by atoms with Crippen LogP contribution >= 0.6 is 0 Å². The summed E-state index contributed by atoms with van der Waals surface area (Å²) in [6.07, 6.45) is 2.11. The van der Waals surface area contributed by atoms with Gasteiger partial charge < -0.3 is 5.32 Å². The zero-order valence-corrected chi connectivity index (χ0v) is 9.98. The Morgan fingerprint density at radius 3 is 2.78 bits per heavy atom. The molecule has 2 aromatic rings. The Labute approximate surface area is 105 Å². The molecule has 0 saturated carbocycles. The van der Waals surface area contributed by atoms with E-state index in [4.69, 9.17) is 0 Å². The second-order valence-corrected chi connectivity index (χ2v) is 3.81. The molecule has 92 valence electrons. The monoisotopic (exact) mass is 244 g/mol. The van der Waals surface area contributed by atoms with Crippen LogP contribution in [0, 0.1) is 5.95 Å². The van der Waals surface area contributed by atoms with Crippen molar-refractivity contribution >= 4 is 11.6 Å². The molecule has 1 aromatic heterocycles. The third kappa shape index (κ3) is 2.53. The van der Waals surface area contributed by atoms with E-state index in [-0.39, 0.29) is 5.56 Å². The van der Waals surface area contributed by atoms with Gasteiger partial charge in [0.05, 0.1) is 5.56 Å². The number of pyridine rings is 1. The van der Waals surface area contributed by atoms with E-state index in [1.165, 1.54) is 18.3 Å². The number of hydrogen-bond acceptors (Lipinski definition) is 2. The van der Waals surface area contributed by atoms with E-state index in [9.17, 15) is 9.18 Å². The Bertz CT molecular complexity index is 569. The van der Waals surface area contributed by atoms with E-state index in [0.717, 1.165) is 12.0 Å². The minimum Gasteiger partial charge on any atom is -0.322 e. The number of nitrogens with one attached hydrogen (secondary N) is 1. The maximum atomic E-state index is 13.4. The lowest BCUT2D eigenvalue weighted by molar-refractivity contribution is 0.102. The third-order valence-electron chi connectivity index (χ3n) is 2.65. The van der Waals surface area contributed by atoms with Crippen LogP contribution in [-0.2, 0) is 6.42 Å². The van der Waals surface area contributed by atoms with Crippen LogP contribution in [0.3, 0.4) is 0 Å². The van der Waals surface area contributed by atoms with Crippen molar-refractivity contribution in [3.05, 3.63) is 59.7 Å². The molecule has 1 heterocycles. The number of nitrogens with zero attached hydrogens (tertiary/aromatic N) is 1. The van der Waals surface area contributed by atoms with Gasteiger partial charge in [0.15, 0.2) is 0 Å². The highest BCUT2D eigenvalue weighted by molar-refractivity contribution is 6.04. The van der Waals surface area contributed by atoms with Crippen LogP contribution in [0.25, 0.3) is 0 Å². The predicted molar refractivity (Wildman–Crippen MR) is 68.0 cm³/mol. The first-order chi connectivity index (χ1) is 8.72. The van der Waals surface area contributed by atoms with Crippen LogP contribution in [0.5, 0.6) is 0 Å². The summed E-state index contributed by atoms with van der Waals surface area (Å²) < 4.78 is 13.4. The van der Waals surface area contributed by atoms with E-state index in [0.29, 0.717) is 5.69 Å². The molecule has 0 aliphatic rings. The van der Waals surface area contributed by atoms with Crippen molar-refractivity contribution in [2.45, 2.75) is 13.3 Å². The van der Waals surface area contributed by atoms with Gasteiger partial charge in [-0.3, -0.25) is 4.79 Å². The molecule has 0 bridgehead atoms. The average molecular weight is 244 g/mol. The maximum Gasteiger partial charge on any atom is 0.260 e. The maximum absolute atomic E-state index is 13.4. The second kappa shape index (κ2) is 5.40. The van der Waals surface area contributed by atoms with Gasteiger partial charge in [-0.05, 0) is 30.2 Å². The standard InChI is InChI=1S/C14H13FN2O/c1-2-10-6-3-4-8-12(10)17-14(18)11-7-5-9-16-13(11)15/h3-9H,2H2,1H3,(H,17,18). The van der Waals surface area contributed by atoms with Gasteiger partial charge in [-0.1, -0.05) is 25.1 Å². The van der Waals surface area contributed by atoms with E-state index in [2.05, 4.69) is 10.3 Å². The Kier molecular flexibility index (Phi) is 3.67. The number of hydrogen-bond donors (Lipinski definition) is 1. The highest BCUT2D eigenvalue weighted by Gasteiger charge is 2.13. The van der Waals surface area contributed by atoms with Crippen molar-refractivity contribution in [3.63, 3.8) is 0 Å². The molecule has 0 radical (unpaired) electrons. The first-order valence-electron chi connectivity index (χ1n) is 5.72. The zero-order chi connectivity index (χ0) is 13.0. The molecule has 0 saturated heterocycles. The van der Waals surface area contributed by atoms with Gasteiger partial charge in [0.1, 0.15) is 0 Å². The Morgan fingerprint density at radius 1 is 1.28 bits per heavy atom. The fourth-order valence-electron chi connectivity index (χ4n) is 1.70. The number of carbonyl (C=O) groups is 1. The molecule has 0 aliphatic heterocycles. The molecule has 0 atom stereocenters. The molecule has 0 aliphatic carbocycles. The number of aromatic nitrogens is 1. The molecule has 18 heavy (non-hydrogen) atoms. The van der Waals surface area contributed by atoms with Crippen molar-refractivity contribution in [2.24, 2.45) is 0 Å². The average Bonchev–Trinajstić information content (AvgIpc) is 2.39. The summed E-state index contributed by atoms with van der Waals surface area (Å²) in [5.41, 5.74) is 1.66. The summed E-state index contributed by atoms with van der Waals surface area (Å²) in [5.74, 6) is -1.24. The highest BCUT2D eigenvalue weighted by atomic mass is 19.1. The number of anilines is 1. The molecule has 1 N–H and O–H groups in total. The van der Waals surface area contributed by atoms with Gasteiger partial charge in [0.2, 0.25) is 5.95 Å². The van der Waals surface area contributed by atoms with Crippen molar-refractivity contribution in [3.8, 4) is 0 Å². The predicted octanol–water partition coefficient (Wildman–Crippen LogP) is 3.04. The van der Waals surface area contributed by atoms with Crippen molar-refractivity contribution in [1.29, 1.82) is 0 Å². The van der Waals surface area contributed by atoms with Crippen molar-refractivity contribution < 1.29 is 9.18 Å². The van der Waals surface area contributed by atoms with Crippen molar-refractivity contribution in [1.82, 2.24) is 4.98 Å². The zero-order valence-electron chi connectivity index (χ0n) is 9.98.